The molecule has 2 N–H and O–H groups in total. The molecule has 0 unspecified atom stereocenters. The Labute approximate surface area is 187 Å². The molecule has 0 fully saturated rings. The molecule has 0 amide bonds. The van der Waals surface area contributed by atoms with E-state index in [2.05, 4.69) is 99.9 Å². The van der Waals surface area contributed by atoms with Gasteiger partial charge >= 0.3 is 0 Å². The summed E-state index contributed by atoms with van der Waals surface area (Å²) in [7, 11) is 0. The fourth-order valence-electron chi connectivity index (χ4n) is 2.91. The van der Waals surface area contributed by atoms with Gasteiger partial charge < -0.3 is 10.6 Å². The summed E-state index contributed by atoms with van der Waals surface area (Å²) in [4.78, 5) is 0. The third kappa shape index (κ3) is 12.5. The lowest BCUT2D eigenvalue weighted by molar-refractivity contribution is 0.675. The molecule has 2 aromatic rings. The van der Waals surface area contributed by atoms with Crippen LogP contribution in [0, 0.1) is 0 Å². The smallest absolute Gasteiger partial charge is 0.0400 e. The highest BCUT2D eigenvalue weighted by Crippen LogP contribution is 2.12. The van der Waals surface area contributed by atoms with Gasteiger partial charge in [0.1, 0.15) is 0 Å². The van der Waals surface area contributed by atoms with E-state index >= 15 is 0 Å². The Balaban J connectivity index is 0.000000795. The van der Waals surface area contributed by atoms with Crippen LogP contribution in [0.25, 0.3) is 0 Å². The molecule has 0 aliphatic rings. The van der Waals surface area contributed by atoms with Crippen molar-refractivity contribution >= 4 is 5.69 Å². The van der Waals surface area contributed by atoms with Crippen LogP contribution in [0.1, 0.15) is 84.4 Å². The molecule has 0 radical (unpaired) electrons. The van der Waals surface area contributed by atoms with Gasteiger partial charge in [-0.05, 0) is 68.0 Å². The number of benzene rings is 2. The van der Waals surface area contributed by atoms with Crippen LogP contribution in [-0.4, -0.2) is 6.54 Å². The Bertz CT molecular complexity index is 648. The molecular formula is C28H46N2. The van der Waals surface area contributed by atoms with Crippen molar-refractivity contribution in [2.24, 2.45) is 0 Å². The Kier molecular flexibility index (Phi) is 17.6. The van der Waals surface area contributed by atoms with Gasteiger partial charge in [-0.25, -0.2) is 0 Å². The van der Waals surface area contributed by atoms with E-state index in [4.69, 9.17) is 0 Å². The summed E-state index contributed by atoms with van der Waals surface area (Å²) in [5.41, 5.74) is 6.78. The van der Waals surface area contributed by atoms with Crippen LogP contribution in [0.3, 0.4) is 0 Å². The van der Waals surface area contributed by atoms with E-state index in [1.165, 1.54) is 41.6 Å². The van der Waals surface area contributed by atoms with Gasteiger partial charge in [0, 0.05) is 18.8 Å². The lowest BCUT2D eigenvalue weighted by atomic mass is 10.1. The zero-order valence-electron chi connectivity index (χ0n) is 20.6. The number of rotatable bonds is 10. The first-order valence-corrected chi connectivity index (χ1v) is 11.9. The third-order valence-corrected chi connectivity index (χ3v) is 4.95. The van der Waals surface area contributed by atoms with Crippen LogP contribution in [0.4, 0.5) is 5.69 Å². The summed E-state index contributed by atoms with van der Waals surface area (Å²) < 4.78 is 0. The summed E-state index contributed by atoms with van der Waals surface area (Å²) in [6.45, 7) is 17.8. The number of nitrogens with one attached hydrogen (secondary N) is 2. The van der Waals surface area contributed by atoms with Crippen molar-refractivity contribution in [2.45, 2.75) is 87.2 Å². The molecule has 0 saturated carbocycles. The van der Waals surface area contributed by atoms with Gasteiger partial charge in [-0.15, -0.1) is 0 Å². The summed E-state index contributed by atoms with van der Waals surface area (Å²) in [5, 5.41) is 6.89. The van der Waals surface area contributed by atoms with E-state index in [1.807, 2.05) is 13.8 Å². The minimum absolute atomic E-state index is 0.869. The van der Waals surface area contributed by atoms with Gasteiger partial charge in [0.05, 0.1) is 0 Å². The van der Waals surface area contributed by atoms with Gasteiger partial charge in [0.2, 0.25) is 0 Å². The van der Waals surface area contributed by atoms with Gasteiger partial charge in [-0.3, -0.25) is 0 Å². The molecule has 2 nitrogen and oxygen atoms in total. The standard InChI is InChI=1S/C19H26N2.C7H14.C2H6/c1-3-13-20-14-17-5-7-18(8-6-17)15-21-19-11-9-16(4-2)10-12-19;1-4-7(5-2)6-3;1-2/h5-12,20-21H,3-4,13-15H2,1-2H3;4H,5-6H2,1-3H3;1-2H3. The normalized spacial score (nSPS) is 9.57. The maximum atomic E-state index is 3.47. The first-order valence-electron chi connectivity index (χ1n) is 11.9. The van der Waals surface area contributed by atoms with Crippen LogP contribution < -0.4 is 10.6 Å². The van der Waals surface area contributed by atoms with Gasteiger partial charge in [0.25, 0.3) is 0 Å². The van der Waals surface area contributed by atoms with Crippen LogP contribution in [0.5, 0.6) is 0 Å². The van der Waals surface area contributed by atoms with Gasteiger partial charge in [0.15, 0.2) is 0 Å². The maximum Gasteiger partial charge on any atom is 0.0400 e. The Morgan fingerprint density at radius 3 is 1.63 bits per heavy atom. The average Bonchev–Trinajstić information content (AvgIpc) is 2.82. The second kappa shape index (κ2) is 18.9. The predicted molar refractivity (Wildman–Crippen MR) is 137 cm³/mol. The van der Waals surface area contributed by atoms with Gasteiger partial charge in [-0.2, -0.15) is 0 Å². The molecule has 2 heteroatoms. The molecule has 2 aromatic carbocycles. The minimum atomic E-state index is 0.869. The number of allylic oxidation sites excluding steroid dienone is 2. The second-order valence-corrected chi connectivity index (χ2v) is 7.05. The van der Waals surface area contributed by atoms with Crippen molar-refractivity contribution in [3.05, 3.63) is 76.9 Å². The summed E-state index contributed by atoms with van der Waals surface area (Å²) in [5.74, 6) is 0. The Morgan fingerprint density at radius 2 is 1.23 bits per heavy atom. The molecule has 0 aliphatic carbocycles. The predicted octanol–water partition coefficient (Wildman–Crippen LogP) is 8.14. The van der Waals surface area contributed by atoms with E-state index in [9.17, 15) is 0 Å². The van der Waals surface area contributed by atoms with Gasteiger partial charge in [-0.1, -0.05) is 89.6 Å². The van der Waals surface area contributed by atoms with E-state index in [0.717, 1.165) is 26.1 Å². The number of aryl methyl sites for hydroxylation is 1. The SMILES string of the molecule is CC.CC=C(CC)CC.CCCNCc1ccc(CNc2ccc(CC)cc2)cc1. The Morgan fingerprint density at radius 1 is 0.733 bits per heavy atom. The van der Waals surface area contributed by atoms with Crippen molar-refractivity contribution in [2.75, 3.05) is 11.9 Å². The van der Waals surface area contributed by atoms with Crippen molar-refractivity contribution in [3.8, 4) is 0 Å². The van der Waals surface area contributed by atoms with Crippen molar-refractivity contribution in [1.82, 2.24) is 5.32 Å². The molecule has 0 atom stereocenters. The first-order chi connectivity index (χ1) is 14.7. The molecule has 30 heavy (non-hydrogen) atoms. The summed E-state index contributed by atoms with van der Waals surface area (Å²) >= 11 is 0. The highest BCUT2D eigenvalue weighted by Gasteiger charge is 1.97. The fraction of sp³-hybridized carbons (Fsp3) is 0.500. The van der Waals surface area contributed by atoms with Crippen LogP contribution in [0.2, 0.25) is 0 Å². The average molecular weight is 411 g/mol. The molecular weight excluding hydrogens is 364 g/mol. The largest absolute Gasteiger partial charge is 0.381 e. The van der Waals surface area contributed by atoms with E-state index < -0.39 is 0 Å². The fourth-order valence-corrected chi connectivity index (χ4v) is 2.91. The van der Waals surface area contributed by atoms with E-state index in [0.29, 0.717) is 0 Å². The molecule has 0 saturated heterocycles. The lowest BCUT2D eigenvalue weighted by Crippen LogP contribution is -2.13. The Hall–Kier alpha value is -2.06. The number of hydrogen-bond acceptors (Lipinski definition) is 2. The maximum absolute atomic E-state index is 3.47. The number of hydrogen-bond donors (Lipinski definition) is 2. The van der Waals surface area contributed by atoms with Crippen LogP contribution in [0.15, 0.2) is 60.2 Å². The third-order valence-electron chi connectivity index (χ3n) is 4.95. The second-order valence-electron chi connectivity index (χ2n) is 7.05. The topological polar surface area (TPSA) is 24.1 Å². The lowest BCUT2D eigenvalue weighted by Gasteiger charge is -2.08. The monoisotopic (exact) mass is 410 g/mol. The summed E-state index contributed by atoms with van der Waals surface area (Å²) in [6.07, 6.45) is 6.90. The molecule has 0 aromatic heterocycles. The molecule has 2 rings (SSSR count). The van der Waals surface area contributed by atoms with Crippen molar-refractivity contribution in [3.63, 3.8) is 0 Å². The minimum Gasteiger partial charge on any atom is -0.381 e. The first kappa shape index (κ1) is 27.9. The molecule has 0 aliphatic heterocycles. The number of anilines is 1. The van der Waals surface area contributed by atoms with Crippen LogP contribution >= 0.6 is 0 Å². The van der Waals surface area contributed by atoms with E-state index in [1.54, 1.807) is 5.57 Å². The summed E-state index contributed by atoms with van der Waals surface area (Å²) in [6, 6.07) is 17.5. The molecule has 168 valence electrons. The zero-order valence-corrected chi connectivity index (χ0v) is 20.6. The van der Waals surface area contributed by atoms with Crippen molar-refractivity contribution < 1.29 is 0 Å². The quantitative estimate of drug-likeness (QED) is 0.305. The van der Waals surface area contributed by atoms with E-state index in [-0.39, 0.29) is 0 Å². The molecule has 0 heterocycles. The highest BCUT2D eigenvalue weighted by atomic mass is 14.9. The van der Waals surface area contributed by atoms with Crippen molar-refractivity contribution in [1.29, 1.82) is 0 Å². The molecule has 0 spiro atoms. The molecule has 0 bridgehead atoms. The highest BCUT2D eigenvalue weighted by molar-refractivity contribution is 5.45. The van der Waals surface area contributed by atoms with Crippen LogP contribution in [-0.2, 0) is 19.5 Å². The zero-order chi connectivity index (χ0) is 22.6.